The van der Waals surface area contributed by atoms with Crippen molar-refractivity contribution in [1.82, 2.24) is 20.6 Å². The number of rotatable bonds is 5. The van der Waals surface area contributed by atoms with Gasteiger partial charge in [-0.05, 0) is 28.1 Å². The predicted octanol–water partition coefficient (Wildman–Crippen LogP) is -0.103. The molecule has 0 radical (unpaired) electrons. The van der Waals surface area contributed by atoms with E-state index in [0.717, 1.165) is 0 Å². The first-order valence-electron chi connectivity index (χ1n) is 5.80. The lowest BCUT2D eigenvalue weighted by Gasteiger charge is -1.98. The first kappa shape index (κ1) is 14.9. The lowest BCUT2D eigenvalue weighted by molar-refractivity contribution is -0.121. The minimum absolute atomic E-state index is 0.00130. The number of nitrogens with one attached hydrogen (secondary N) is 3. The normalized spacial score (nSPS) is 10.9. The number of amides is 1. The van der Waals surface area contributed by atoms with E-state index in [1.165, 1.54) is 6.21 Å². The van der Waals surface area contributed by atoms with E-state index < -0.39 is 17.2 Å². The van der Waals surface area contributed by atoms with Crippen molar-refractivity contribution in [2.45, 2.75) is 12.8 Å². The number of aryl methyl sites for hydroxylation is 1. The Hall–Kier alpha value is -2.49. The number of hydrogen-bond acceptors (Lipinski definition) is 6. The van der Waals surface area contributed by atoms with E-state index in [1.54, 1.807) is 12.1 Å². The Morgan fingerprint density at radius 1 is 1.48 bits per heavy atom. The molecular formula is C11H10BrN5O4. The minimum Gasteiger partial charge on any atom is -0.448 e. The Bertz CT molecular complexity index is 775. The number of hydrazone groups is 1. The second-order valence-corrected chi connectivity index (χ2v) is 4.67. The summed E-state index contributed by atoms with van der Waals surface area (Å²) in [5.74, 6) is 0.0743. The number of aromatic amines is 2. The second-order valence-electron chi connectivity index (χ2n) is 3.89. The molecule has 0 aliphatic carbocycles. The SMILES string of the molecule is O=C(CCc1n[nH]c(=O)[nH]c1=O)N/N=C/c1ccc(Br)o1. The standard InChI is InChI=1S/C11H10BrN5O4/c12-8-3-1-6(21-8)5-13-16-9(18)4-2-7-10(19)14-11(20)17-15-7/h1,3,5H,2,4H2,(H,16,18)(H2,14,17,19,20)/b13-5+. The quantitative estimate of drug-likeness (QED) is 0.508. The molecule has 0 saturated carbocycles. The molecule has 0 aliphatic heterocycles. The van der Waals surface area contributed by atoms with Crippen LogP contribution in [0.5, 0.6) is 0 Å². The molecule has 0 unspecified atom stereocenters. The summed E-state index contributed by atoms with van der Waals surface area (Å²) in [5, 5.41) is 9.35. The zero-order valence-electron chi connectivity index (χ0n) is 10.6. The molecule has 0 fully saturated rings. The van der Waals surface area contributed by atoms with E-state index in [1.807, 2.05) is 4.98 Å². The Kier molecular flexibility index (Phi) is 4.82. The van der Waals surface area contributed by atoms with Gasteiger partial charge >= 0.3 is 5.69 Å². The van der Waals surface area contributed by atoms with Gasteiger partial charge in [0.25, 0.3) is 5.56 Å². The Balaban J connectivity index is 1.83. The number of halogens is 1. The van der Waals surface area contributed by atoms with Crippen LogP contribution in [-0.2, 0) is 11.2 Å². The number of H-pyrrole nitrogens is 2. The van der Waals surface area contributed by atoms with Crippen LogP contribution in [0.1, 0.15) is 17.9 Å². The molecule has 0 atom stereocenters. The molecule has 0 bridgehead atoms. The van der Waals surface area contributed by atoms with Crippen LogP contribution in [0.3, 0.4) is 0 Å². The zero-order valence-corrected chi connectivity index (χ0v) is 12.1. The number of nitrogens with zero attached hydrogens (tertiary/aromatic N) is 2. The summed E-state index contributed by atoms with van der Waals surface area (Å²) < 4.78 is 5.70. The van der Waals surface area contributed by atoms with Crippen LogP contribution < -0.4 is 16.7 Å². The van der Waals surface area contributed by atoms with Crippen LogP contribution in [0.25, 0.3) is 0 Å². The van der Waals surface area contributed by atoms with Gasteiger partial charge in [-0.15, -0.1) is 0 Å². The zero-order chi connectivity index (χ0) is 15.2. The lowest BCUT2D eigenvalue weighted by Crippen LogP contribution is -2.28. The van der Waals surface area contributed by atoms with Crippen LogP contribution in [0.2, 0.25) is 0 Å². The molecule has 2 rings (SSSR count). The highest BCUT2D eigenvalue weighted by molar-refractivity contribution is 9.10. The van der Waals surface area contributed by atoms with Gasteiger partial charge in [0.1, 0.15) is 11.5 Å². The molecule has 0 spiro atoms. The van der Waals surface area contributed by atoms with Crippen molar-refractivity contribution in [3.05, 3.63) is 49.1 Å². The van der Waals surface area contributed by atoms with Gasteiger partial charge in [0.2, 0.25) is 5.91 Å². The number of carbonyl (C=O) groups is 1. The molecule has 3 N–H and O–H groups in total. The number of aromatic nitrogens is 3. The van der Waals surface area contributed by atoms with Crippen molar-refractivity contribution in [1.29, 1.82) is 0 Å². The molecule has 10 heteroatoms. The van der Waals surface area contributed by atoms with E-state index in [2.05, 4.69) is 36.7 Å². The average Bonchev–Trinajstić information content (AvgIpc) is 2.83. The molecule has 9 nitrogen and oxygen atoms in total. The summed E-state index contributed by atoms with van der Waals surface area (Å²) in [4.78, 5) is 35.6. The smallest absolute Gasteiger partial charge is 0.342 e. The summed E-state index contributed by atoms with van der Waals surface area (Å²) in [6, 6.07) is 3.36. The van der Waals surface area contributed by atoms with Gasteiger partial charge in [0.05, 0.1) is 6.21 Å². The molecule has 0 aromatic carbocycles. The molecule has 21 heavy (non-hydrogen) atoms. The first-order chi connectivity index (χ1) is 10.0. The molecular weight excluding hydrogens is 346 g/mol. The van der Waals surface area contributed by atoms with Gasteiger partial charge in [0, 0.05) is 12.8 Å². The van der Waals surface area contributed by atoms with Crippen molar-refractivity contribution in [2.75, 3.05) is 0 Å². The highest BCUT2D eigenvalue weighted by atomic mass is 79.9. The van der Waals surface area contributed by atoms with Crippen LogP contribution in [0, 0.1) is 0 Å². The number of carbonyl (C=O) groups excluding carboxylic acids is 1. The largest absolute Gasteiger partial charge is 0.448 e. The van der Waals surface area contributed by atoms with Gasteiger partial charge in [-0.25, -0.2) is 15.3 Å². The van der Waals surface area contributed by atoms with Crippen molar-refractivity contribution in [3.63, 3.8) is 0 Å². The van der Waals surface area contributed by atoms with Crippen LogP contribution in [0.4, 0.5) is 0 Å². The Morgan fingerprint density at radius 3 is 2.95 bits per heavy atom. The van der Waals surface area contributed by atoms with Gasteiger partial charge in [-0.3, -0.25) is 14.6 Å². The van der Waals surface area contributed by atoms with Crippen LogP contribution in [-0.4, -0.2) is 27.3 Å². The van der Waals surface area contributed by atoms with Gasteiger partial charge in [-0.1, -0.05) is 0 Å². The molecule has 2 heterocycles. The van der Waals surface area contributed by atoms with Crippen molar-refractivity contribution < 1.29 is 9.21 Å². The number of hydrogen-bond donors (Lipinski definition) is 3. The third kappa shape index (κ3) is 4.53. The summed E-state index contributed by atoms with van der Waals surface area (Å²) in [7, 11) is 0. The lowest BCUT2D eigenvalue weighted by atomic mass is 10.2. The van der Waals surface area contributed by atoms with Crippen LogP contribution >= 0.6 is 15.9 Å². The van der Waals surface area contributed by atoms with Crippen molar-refractivity contribution >= 4 is 28.1 Å². The highest BCUT2D eigenvalue weighted by Gasteiger charge is 2.06. The summed E-state index contributed by atoms with van der Waals surface area (Å²) in [6.07, 6.45) is 1.43. The number of furan rings is 1. The molecule has 1 amide bonds. The minimum atomic E-state index is -0.692. The van der Waals surface area contributed by atoms with Gasteiger partial charge < -0.3 is 4.42 Å². The van der Waals surface area contributed by atoms with Crippen molar-refractivity contribution in [3.8, 4) is 0 Å². The first-order valence-corrected chi connectivity index (χ1v) is 6.59. The molecule has 0 saturated heterocycles. The van der Waals surface area contributed by atoms with E-state index in [-0.39, 0.29) is 18.5 Å². The fourth-order valence-corrected chi connectivity index (χ4v) is 1.71. The maximum absolute atomic E-state index is 11.5. The Labute approximate surface area is 125 Å². The maximum atomic E-state index is 11.5. The van der Waals surface area contributed by atoms with Crippen LogP contribution in [0.15, 0.2) is 35.9 Å². The van der Waals surface area contributed by atoms with E-state index in [9.17, 15) is 14.4 Å². The molecule has 2 aromatic rings. The van der Waals surface area contributed by atoms with E-state index >= 15 is 0 Å². The third-order valence-electron chi connectivity index (χ3n) is 2.35. The average molecular weight is 356 g/mol. The third-order valence-corrected chi connectivity index (χ3v) is 2.77. The maximum Gasteiger partial charge on any atom is 0.342 e. The predicted molar refractivity (Wildman–Crippen MR) is 75.9 cm³/mol. The molecule has 0 aliphatic rings. The Morgan fingerprint density at radius 2 is 2.29 bits per heavy atom. The molecule has 110 valence electrons. The van der Waals surface area contributed by atoms with Gasteiger partial charge in [-0.2, -0.15) is 10.2 Å². The van der Waals surface area contributed by atoms with Gasteiger partial charge in [0.15, 0.2) is 4.67 Å². The monoisotopic (exact) mass is 355 g/mol. The summed E-state index contributed by atoms with van der Waals surface area (Å²) >= 11 is 3.14. The van der Waals surface area contributed by atoms with E-state index in [0.29, 0.717) is 10.4 Å². The van der Waals surface area contributed by atoms with E-state index in [4.69, 9.17) is 4.42 Å². The van der Waals surface area contributed by atoms with Crippen molar-refractivity contribution in [2.24, 2.45) is 5.10 Å². The highest BCUT2D eigenvalue weighted by Crippen LogP contribution is 2.11. The second kappa shape index (κ2) is 6.79. The summed E-state index contributed by atoms with van der Waals surface area (Å²) in [5.41, 5.74) is 1.05. The fourth-order valence-electron chi connectivity index (χ4n) is 1.40. The fraction of sp³-hybridized carbons (Fsp3) is 0.182. The molecule has 2 aromatic heterocycles. The summed E-state index contributed by atoms with van der Waals surface area (Å²) in [6.45, 7) is 0. The topological polar surface area (TPSA) is 133 Å².